The Hall–Kier alpha value is 0.1000. The summed E-state index contributed by atoms with van der Waals surface area (Å²) >= 11 is 6.90. The minimum Gasteiger partial charge on any atom is -0.388 e. The molecule has 0 aliphatic heterocycles. The number of hydrogen-bond donors (Lipinski definition) is 2. The topological polar surface area (TPSA) is 46.2 Å². The summed E-state index contributed by atoms with van der Waals surface area (Å²) in [6.45, 7) is 4.79. The van der Waals surface area contributed by atoms with Crippen molar-refractivity contribution in [3.05, 3.63) is 32.7 Å². The van der Waals surface area contributed by atoms with Gasteiger partial charge in [0.05, 0.1) is 6.10 Å². The molecule has 2 nitrogen and oxygen atoms in total. The quantitative estimate of drug-likeness (QED) is 0.833. The van der Waals surface area contributed by atoms with Crippen LogP contribution in [0.15, 0.2) is 27.1 Å². The van der Waals surface area contributed by atoms with Crippen LogP contribution in [0.4, 0.5) is 0 Å². The third kappa shape index (κ3) is 4.36. The second-order valence-corrected chi connectivity index (χ2v) is 6.51. The summed E-state index contributed by atoms with van der Waals surface area (Å²) in [5, 5.41) is 10.4. The molecule has 4 heteroatoms. The number of aliphatic hydroxyl groups excluding tert-OH is 1. The molecule has 0 saturated heterocycles. The van der Waals surface area contributed by atoms with Gasteiger partial charge in [0.25, 0.3) is 0 Å². The molecule has 1 aromatic rings. The molecule has 1 aromatic carbocycles. The standard InChI is InChI=1S/C13H19Br2NO/c1-8(2)5-9(7-16)13(17)11-6-10(14)3-4-12(11)15/h3-4,6,8-9,13,17H,5,7,16H2,1-2H3. The Morgan fingerprint density at radius 1 is 1.29 bits per heavy atom. The lowest BCUT2D eigenvalue weighted by Gasteiger charge is -2.24. The van der Waals surface area contributed by atoms with Crippen LogP contribution >= 0.6 is 31.9 Å². The van der Waals surface area contributed by atoms with Gasteiger partial charge in [-0.05, 0) is 42.6 Å². The minimum atomic E-state index is -0.519. The summed E-state index contributed by atoms with van der Waals surface area (Å²) in [4.78, 5) is 0. The molecule has 2 atom stereocenters. The second kappa shape index (κ2) is 6.88. The Morgan fingerprint density at radius 2 is 1.94 bits per heavy atom. The Morgan fingerprint density at radius 3 is 2.47 bits per heavy atom. The number of benzene rings is 1. The van der Waals surface area contributed by atoms with Crippen LogP contribution in [-0.4, -0.2) is 11.7 Å². The molecule has 0 heterocycles. The van der Waals surface area contributed by atoms with Gasteiger partial charge >= 0.3 is 0 Å². The van der Waals surface area contributed by atoms with Gasteiger partial charge in [0.2, 0.25) is 0 Å². The third-order valence-electron chi connectivity index (χ3n) is 2.80. The molecule has 0 radical (unpaired) electrons. The van der Waals surface area contributed by atoms with Crippen LogP contribution < -0.4 is 5.73 Å². The number of rotatable bonds is 5. The third-order valence-corrected chi connectivity index (χ3v) is 4.02. The lowest BCUT2D eigenvalue weighted by Crippen LogP contribution is -2.23. The van der Waals surface area contributed by atoms with Crippen molar-refractivity contribution >= 4 is 31.9 Å². The first kappa shape index (κ1) is 15.2. The van der Waals surface area contributed by atoms with Crippen LogP contribution in [0.25, 0.3) is 0 Å². The second-order valence-electron chi connectivity index (χ2n) is 4.74. The molecular formula is C13H19Br2NO. The zero-order valence-corrected chi connectivity index (χ0v) is 13.3. The van der Waals surface area contributed by atoms with Gasteiger partial charge in [0, 0.05) is 14.9 Å². The SMILES string of the molecule is CC(C)CC(CN)C(O)c1cc(Br)ccc1Br. The first-order chi connectivity index (χ1) is 7.95. The molecule has 0 fully saturated rings. The van der Waals surface area contributed by atoms with Crippen LogP contribution in [0.1, 0.15) is 31.9 Å². The van der Waals surface area contributed by atoms with Crippen molar-refractivity contribution in [2.24, 2.45) is 17.6 Å². The van der Waals surface area contributed by atoms with E-state index in [2.05, 4.69) is 45.7 Å². The first-order valence-electron chi connectivity index (χ1n) is 5.78. The van der Waals surface area contributed by atoms with Crippen LogP contribution in [-0.2, 0) is 0 Å². The maximum Gasteiger partial charge on any atom is 0.0841 e. The van der Waals surface area contributed by atoms with Gasteiger partial charge in [-0.2, -0.15) is 0 Å². The summed E-state index contributed by atoms with van der Waals surface area (Å²) in [7, 11) is 0. The Bertz CT molecular complexity index is 368. The number of halogens is 2. The largest absolute Gasteiger partial charge is 0.388 e. The van der Waals surface area contributed by atoms with Gasteiger partial charge in [-0.1, -0.05) is 45.7 Å². The maximum absolute atomic E-state index is 10.4. The summed E-state index contributed by atoms with van der Waals surface area (Å²) < 4.78 is 1.89. The molecule has 2 unspecified atom stereocenters. The number of aliphatic hydroxyl groups is 1. The highest BCUT2D eigenvalue weighted by Crippen LogP contribution is 2.33. The summed E-state index contributed by atoms with van der Waals surface area (Å²) in [6.07, 6.45) is 0.408. The van der Waals surface area contributed by atoms with Crippen molar-refractivity contribution in [3.8, 4) is 0 Å². The highest BCUT2D eigenvalue weighted by atomic mass is 79.9. The van der Waals surface area contributed by atoms with Crippen molar-refractivity contribution < 1.29 is 5.11 Å². The lowest BCUT2D eigenvalue weighted by molar-refractivity contribution is 0.0988. The van der Waals surface area contributed by atoms with Crippen LogP contribution in [0, 0.1) is 11.8 Å². The number of nitrogens with two attached hydrogens (primary N) is 1. The zero-order chi connectivity index (χ0) is 13.0. The molecule has 0 aliphatic rings. The van der Waals surface area contributed by atoms with Crippen LogP contribution in [0.5, 0.6) is 0 Å². The molecule has 3 N–H and O–H groups in total. The number of hydrogen-bond acceptors (Lipinski definition) is 2. The normalized spacial score (nSPS) is 15.0. The fraction of sp³-hybridized carbons (Fsp3) is 0.538. The van der Waals surface area contributed by atoms with Gasteiger partial charge in [-0.25, -0.2) is 0 Å². The van der Waals surface area contributed by atoms with Crippen molar-refractivity contribution in [3.63, 3.8) is 0 Å². The van der Waals surface area contributed by atoms with Crippen molar-refractivity contribution in [2.75, 3.05) is 6.54 Å². The molecule has 0 aromatic heterocycles. The van der Waals surface area contributed by atoms with E-state index in [1.54, 1.807) is 0 Å². The van der Waals surface area contributed by atoms with Gasteiger partial charge in [-0.15, -0.1) is 0 Å². The fourth-order valence-corrected chi connectivity index (χ4v) is 2.81. The minimum absolute atomic E-state index is 0.0978. The van der Waals surface area contributed by atoms with Gasteiger partial charge in [0.15, 0.2) is 0 Å². The summed E-state index contributed by atoms with van der Waals surface area (Å²) in [6, 6.07) is 5.82. The predicted molar refractivity (Wildman–Crippen MR) is 78.8 cm³/mol. The molecule has 1 rings (SSSR count). The average molecular weight is 365 g/mol. The summed E-state index contributed by atoms with van der Waals surface area (Å²) in [5.41, 5.74) is 6.66. The van der Waals surface area contributed by atoms with Gasteiger partial charge < -0.3 is 10.8 Å². The molecule has 17 heavy (non-hydrogen) atoms. The smallest absolute Gasteiger partial charge is 0.0841 e. The Labute approximate surface area is 120 Å². The average Bonchev–Trinajstić information content (AvgIpc) is 2.28. The maximum atomic E-state index is 10.4. The summed E-state index contributed by atoms with van der Waals surface area (Å²) in [5.74, 6) is 0.629. The molecule has 0 bridgehead atoms. The molecule has 0 amide bonds. The Balaban J connectivity index is 2.92. The van der Waals surface area contributed by atoms with Crippen LogP contribution in [0.2, 0.25) is 0 Å². The van der Waals surface area contributed by atoms with E-state index in [-0.39, 0.29) is 5.92 Å². The van der Waals surface area contributed by atoms with E-state index < -0.39 is 6.10 Å². The lowest BCUT2D eigenvalue weighted by atomic mass is 9.88. The molecule has 0 saturated carbocycles. The van der Waals surface area contributed by atoms with Crippen molar-refractivity contribution in [1.82, 2.24) is 0 Å². The van der Waals surface area contributed by atoms with E-state index in [1.165, 1.54) is 0 Å². The first-order valence-corrected chi connectivity index (χ1v) is 7.37. The Kier molecular flexibility index (Phi) is 6.13. The monoisotopic (exact) mass is 363 g/mol. The van der Waals surface area contributed by atoms with E-state index >= 15 is 0 Å². The van der Waals surface area contributed by atoms with Crippen LogP contribution in [0.3, 0.4) is 0 Å². The highest BCUT2D eigenvalue weighted by Gasteiger charge is 2.22. The van der Waals surface area contributed by atoms with E-state index in [0.717, 1.165) is 20.9 Å². The highest BCUT2D eigenvalue weighted by molar-refractivity contribution is 9.11. The van der Waals surface area contributed by atoms with Crippen molar-refractivity contribution in [1.29, 1.82) is 0 Å². The van der Waals surface area contributed by atoms with E-state index in [9.17, 15) is 5.11 Å². The molecule has 0 spiro atoms. The molecule has 0 aliphatic carbocycles. The molecular weight excluding hydrogens is 346 g/mol. The predicted octanol–water partition coefficient (Wildman–Crippen LogP) is 3.87. The van der Waals surface area contributed by atoms with Gasteiger partial charge in [-0.3, -0.25) is 0 Å². The van der Waals surface area contributed by atoms with Gasteiger partial charge in [0.1, 0.15) is 0 Å². The fourth-order valence-electron chi connectivity index (χ4n) is 1.95. The van der Waals surface area contributed by atoms with E-state index in [4.69, 9.17) is 5.73 Å². The van der Waals surface area contributed by atoms with Crippen molar-refractivity contribution in [2.45, 2.75) is 26.4 Å². The van der Waals surface area contributed by atoms with E-state index in [1.807, 2.05) is 18.2 Å². The molecule has 96 valence electrons. The van der Waals surface area contributed by atoms with E-state index in [0.29, 0.717) is 12.5 Å². The zero-order valence-electron chi connectivity index (χ0n) is 10.2.